The van der Waals surface area contributed by atoms with E-state index < -0.39 is 16.0 Å². The summed E-state index contributed by atoms with van der Waals surface area (Å²) < 4.78 is 31.3. The largest absolute Gasteiger partial charge is 0.497 e. The maximum Gasteiger partial charge on any atom is 0.303 e. The molecule has 1 heterocycles. The van der Waals surface area contributed by atoms with Crippen LogP contribution in [0, 0.1) is 0 Å². The van der Waals surface area contributed by atoms with Crippen LogP contribution >= 0.6 is 0 Å². The highest BCUT2D eigenvalue weighted by atomic mass is 32.2. The second-order valence-corrected chi connectivity index (χ2v) is 7.00. The molecule has 0 aliphatic carbocycles. The van der Waals surface area contributed by atoms with Crippen LogP contribution < -0.4 is 9.04 Å². The van der Waals surface area contributed by atoms with Crippen LogP contribution in [0.2, 0.25) is 0 Å². The van der Waals surface area contributed by atoms with Crippen LogP contribution in [0.1, 0.15) is 24.8 Å². The number of benzene rings is 1. The molecular formula is C14H19NO5S. The molecule has 0 radical (unpaired) electrons. The Labute approximate surface area is 124 Å². The fourth-order valence-corrected chi connectivity index (χ4v) is 4.09. The molecule has 1 aromatic rings. The lowest BCUT2D eigenvalue weighted by Gasteiger charge is -2.30. The van der Waals surface area contributed by atoms with Crippen molar-refractivity contribution in [1.82, 2.24) is 0 Å². The second-order valence-electron chi connectivity index (χ2n) is 4.98. The number of sulfonamides is 1. The number of anilines is 1. The maximum atomic E-state index is 12.4. The molecular weight excluding hydrogens is 294 g/mol. The molecule has 21 heavy (non-hydrogen) atoms. The third-order valence-electron chi connectivity index (χ3n) is 3.49. The van der Waals surface area contributed by atoms with Gasteiger partial charge in [0.15, 0.2) is 0 Å². The number of nitrogens with zero attached hydrogens (tertiary/aromatic N) is 1. The summed E-state index contributed by atoms with van der Waals surface area (Å²) in [6, 6.07) is 5.35. The Morgan fingerprint density at radius 3 is 2.86 bits per heavy atom. The molecule has 7 heteroatoms. The Hall–Kier alpha value is -1.76. The van der Waals surface area contributed by atoms with Crippen LogP contribution in [0.25, 0.3) is 0 Å². The minimum absolute atomic E-state index is 0.125. The number of carboxylic acid groups (broad SMARTS) is 1. The summed E-state index contributed by atoms with van der Waals surface area (Å²) in [7, 11) is -1.91. The van der Waals surface area contributed by atoms with Gasteiger partial charge in [0.1, 0.15) is 5.75 Å². The predicted octanol–water partition coefficient (Wildman–Crippen LogP) is 1.64. The zero-order valence-electron chi connectivity index (χ0n) is 11.9. The number of methoxy groups -OCH3 is 1. The summed E-state index contributed by atoms with van der Waals surface area (Å²) in [6.45, 7) is 0.439. The third-order valence-corrected chi connectivity index (χ3v) is 5.35. The molecule has 6 nitrogen and oxygen atoms in total. The van der Waals surface area contributed by atoms with Gasteiger partial charge in [-0.1, -0.05) is 0 Å². The molecule has 116 valence electrons. The van der Waals surface area contributed by atoms with Crippen LogP contribution in [0.3, 0.4) is 0 Å². The van der Waals surface area contributed by atoms with E-state index in [1.807, 2.05) is 6.07 Å². The molecule has 1 aliphatic rings. The molecule has 0 fully saturated rings. The normalized spacial score (nSPS) is 14.6. The lowest BCUT2D eigenvalue weighted by molar-refractivity contribution is -0.137. The summed E-state index contributed by atoms with van der Waals surface area (Å²) in [5.41, 5.74) is 1.62. The molecule has 2 rings (SSSR count). The van der Waals surface area contributed by atoms with Crippen LogP contribution in [0.5, 0.6) is 5.75 Å². The van der Waals surface area contributed by atoms with Gasteiger partial charge in [-0.15, -0.1) is 0 Å². The van der Waals surface area contributed by atoms with Gasteiger partial charge in [-0.3, -0.25) is 9.10 Å². The molecule has 0 bridgehead atoms. The van der Waals surface area contributed by atoms with Gasteiger partial charge < -0.3 is 9.84 Å². The first-order chi connectivity index (χ1) is 9.94. The highest BCUT2D eigenvalue weighted by Gasteiger charge is 2.27. The molecule has 0 unspecified atom stereocenters. The number of carbonyl (C=O) groups is 1. The zero-order valence-corrected chi connectivity index (χ0v) is 12.7. The van der Waals surface area contributed by atoms with Gasteiger partial charge in [-0.25, -0.2) is 8.42 Å². The fraction of sp³-hybridized carbons (Fsp3) is 0.500. The third kappa shape index (κ3) is 3.66. The quantitative estimate of drug-likeness (QED) is 0.863. The Kier molecular flexibility index (Phi) is 4.72. The summed E-state index contributed by atoms with van der Waals surface area (Å²) in [5.74, 6) is -0.419. The number of carboxylic acids is 1. The number of hydrogen-bond donors (Lipinski definition) is 1. The number of rotatable bonds is 6. The topological polar surface area (TPSA) is 83.9 Å². The van der Waals surface area contributed by atoms with Crippen molar-refractivity contribution < 1.29 is 23.1 Å². The Balaban J connectivity index is 2.20. The SMILES string of the molecule is COc1ccc2c(c1)CCCN2S(=O)(=O)CCCC(=O)O. The van der Waals surface area contributed by atoms with Crippen molar-refractivity contribution in [2.24, 2.45) is 0 Å². The lowest BCUT2D eigenvalue weighted by atomic mass is 10.0. The van der Waals surface area contributed by atoms with Crippen molar-refractivity contribution in [1.29, 1.82) is 0 Å². The molecule has 0 saturated heterocycles. The van der Waals surface area contributed by atoms with Gasteiger partial charge in [-0.2, -0.15) is 0 Å². The molecule has 0 saturated carbocycles. The molecule has 1 aromatic carbocycles. The maximum absolute atomic E-state index is 12.4. The average molecular weight is 313 g/mol. The van der Waals surface area contributed by atoms with Crippen molar-refractivity contribution >= 4 is 21.7 Å². The van der Waals surface area contributed by atoms with Crippen LogP contribution in [-0.2, 0) is 21.2 Å². The number of hydrogen-bond acceptors (Lipinski definition) is 4. The second kappa shape index (κ2) is 6.34. The average Bonchev–Trinajstić information content (AvgIpc) is 2.45. The van der Waals surface area contributed by atoms with Crippen LogP contribution in [0.15, 0.2) is 18.2 Å². The summed E-state index contributed by atoms with van der Waals surface area (Å²) in [4.78, 5) is 10.5. The van der Waals surface area contributed by atoms with Crippen molar-refractivity contribution in [2.45, 2.75) is 25.7 Å². The van der Waals surface area contributed by atoms with E-state index in [2.05, 4.69) is 0 Å². The van der Waals surface area contributed by atoms with E-state index in [1.165, 1.54) is 4.31 Å². The highest BCUT2D eigenvalue weighted by molar-refractivity contribution is 7.92. The van der Waals surface area contributed by atoms with Crippen LogP contribution in [0.4, 0.5) is 5.69 Å². The van der Waals surface area contributed by atoms with E-state index >= 15 is 0 Å². The van der Waals surface area contributed by atoms with Crippen molar-refractivity contribution in [3.8, 4) is 5.75 Å². The molecule has 0 spiro atoms. The van der Waals surface area contributed by atoms with E-state index in [-0.39, 0.29) is 18.6 Å². The molecule has 1 N–H and O–H groups in total. The minimum atomic E-state index is -3.48. The fourth-order valence-electron chi connectivity index (χ4n) is 2.47. The molecule has 0 amide bonds. The van der Waals surface area contributed by atoms with Crippen LogP contribution in [-0.4, -0.2) is 38.9 Å². The summed E-state index contributed by atoms with van der Waals surface area (Å²) in [5, 5.41) is 8.61. The van der Waals surface area contributed by atoms with Crippen molar-refractivity contribution in [3.05, 3.63) is 23.8 Å². The van der Waals surface area contributed by atoms with Gasteiger partial charge in [0, 0.05) is 13.0 Å². The Morgan fingerprint density at radius 1 is 1.43 bits per heavy atom. The van der Waals surface area contributed by atoms with E-state index in [1.54, 1.807) is 19.2 Å². The summed E-state index contributed by atoms with van der Waals surface area (Å²) >= 11 is 0. The van der Waals surface area contributed by atoms with Gasteiger partial charge >= 0.3 is 5.97 Å². The first-order valence-electron chi connectivity index (χ1n) is 6.83. The number of aryl methyl sites for hydroxylation is 1. The number of aliphatic carboxylic acids is 1. The van der Waals surface area contributed by atoms with Gasteiger partial charge in [0.2, 0.25) is 10.0 Å². The van der Waals surface area contributed by atoms with E-state index in [0.29, 0.717) is 18.0 Å². The number of ether oxygens (including phenoxy) is 1. The lowest BCUT2D eigenvalue weighted by Crippen LogP contribution is -2.37. The van der Waals surface area contributed by atoms with E-state index in [4.69, 9.17) is 9.84 Å². The van der Waals surface area contributed by atoms with Crippen molar-refractivity contribution in [2.75, 3.05) is 23.7 Å². The highest BCUT2D eigenvalue weighted by Crippen LogP contribution is 2.32. The molecule has 1 aliphatic heterocycles. The molecule has 0 atom stereocenters. The van der Waals surface area contributed by atoms with Gasteiger partial charge in [0.25, 0.3) is 0 Å². The first kappa shape index (κ1) is 15.6. The first-order valence-corrected chi connectivity index (χ1v) is 8.44. The minimum Gasteiger partial charge on any atom is -0.497 e. The smallest absolute Gasteiger partial charge is 0.303 e. The van der Waals surface area contributed by atoms with E-state index in [0.717, 1.165) is 18.4 Å². The molecule has 0 aromatic heterocycles. The Morgan fingerprint density at radius 2 is 2.19 bits per heavy atom. The van der Waals surface area contributed by atoms with Gasteiger partial charge in [0.05, 0.1) is 18.6 Å². The predicted molar refractivity (Wildman–Crippen MR) is 79.3 cm³/mol. The monoisotopic (exact) mass is 313 g/mol. The van der Waals surface area contributed by atoms with Crippen molar-refractivity contribution in [3.63, 3.8) is 0 Å². The zero-order chi connectivity index (χ0) is 15.5. The number of fused-ring (bicyclic) bond motifs is 1. The standard InChI is InChI=1S/C14H19NO5S/c1-20-12-6-7-13-11(10-12)4-2-8-15(13)21(18,19)9-3-5-14(16)17/h6-7,10H,2-5,8-9H2,1H3,(H,16,17). The van der Waals surface area contributed by atoms with Gasteiger partial charge in [-0.05, 0) is 43.0 Å². The summed E-state index contributed by atoms with van der Waals surface area (Å²) in [6.07, 6.45) is 1.55. The van der Waals surface area contributed by atoms with E-state index in [9.17, 15) is 13.2 Å². The Bertz CT molecular complexity index is 626.